The molecule has 2 aliphatic heterocycles. The van der Waals surface area contributed by atoms with Crippen LogP contribution in [0.4, 0.5) is 0 Å². The minimum absolute atomic E-state index is 0.0148. The highest BCUT2D eigenvalue weighted by Crippen LogP contribution is 2.37. The number of hydrogen-bond acceptors (Lipinski definition) is 4. The topological polar surface area (TPSA) is 38.8 Å². The number of nitrogens with zero attached hydrogens (tertiary/aromatic N) is 1. The third-order valence-corrected chi connectivity index (χ3v) is 4.46. The molecule has 0 amide bonds. The maximum atomic E-state index is 11.0. The summed E-state index contributed by atoms with van der Waals surface area (Å²) < 4.78 is 5.25. The van der Waals surface area contributed by atoms with Gasteiger partial charge in [0.05, 0.1) is 6.10 Å². The van der Waals surface area contributed by atoms with Gasteiger partial charge in [-0.2, -0.15) is 5.06 Å². The number of carbonyl (C=O) groups is 1. The summed E-state index contributed by atoms with van der Waals surface area (Å²) in [4.78, 5) is 17.1. The van der Waals surface area contributed by atoms with Crippen LogP contribution in [0.3, 0.4) is 0 Å². The Morgan fingerprint density at radius 1 is 1.40 bits per heavy atom. The Morgan fingerprint density at radius 3 is 2.90 bits per heavy atom. The lowest BCUT2D eigenvalue weighted by atomic mass is 10.0. The van der Waals surface area contributed by atoms with E-state index in [2.05, 4.69) is 12.0 Å². The molecule has 4 nitrogen and oxygen atoms in total. The molecule has 0 bridgehead atoms. The van der Waals surface area contributed by atoms with Gasteiger partial charge in [-0.3, -0.25) is 9.63 Å². The molecular formula is C16H29NO3. The second kappa shape index (κ2) is 7.41. The highest BCUT2D eigenvalue weighted by atomic mass is 16.7. The van der Waals surface area contributed by atoms with Gasteiger partial charge in [0, 0.05) is 25.4 Å². The van der Waals surface area contributed by atoms with Gasteiger partial charge in [0.25, 0.3) is 0 Å². The van der Waals surface area contributed by atoms with Crippen LogP contribution in [0.5, 0.6) is 0 Å². The van der Waals surface area contributed by atoms with E-state index in [1.165, 1.54) is 45.4 Å². The summed E-state index contributed by atoms with van der Waals surface area (Å²) in [7, 11) is 0. The van der Waals surface area contributed by atoms with Crippen molar-refractivity contribution in [3.05, 3.63) is 0 Å². The molecule has 0 aromatic rings. The fraction of sp³-hybridized carbons (Fsp3) is 0.938. The third-order valence-electron chi connectivity index (χ3n) is 4.46. The predicted octanol–water partition coefficient (Wildman–Crippen LogP) is 3.45. The molecule has 0 unspecified atom stereocenters. The summed E-state index contributed by atoms with van der Waals surface area (Å²) in [6.07, 6.45) is 9.89. The van der Waals surface area contributed by atoms with Gasteiger partial charge in [-0.05, 0) is 32.6 Å². The largest absolute Gasteiger partial charge is 0.463 e. The van der Waals surface area contributed by atoms with Gasteiger partial charge in [-0.25, -0.2) is 0 Å². The van der Waals surface area contributed by atoms with Crippen LogP contribution in [0.25, 0.3) is 0 Å². The number of unbranched alkanes of at least 4 members (excludes halogenated alkanes) is 2. The second-order valence-electron chi connectivity index (χ2n) is 6.36. The van der Waals surface area contributed by atoms with Gasteiger partial charge in [-0.1, -0.05) is 26.2 Å². The number of hydroxylamine groups is 2. The highest BCUT2D eigenvalue weighted by Gasteiger charge is 2.42. The average Bonchev–Trinajstić information content (AvgIpc) is 2.91. The van der Waals surface area contributed by atoms with Crippen molar-refractivity contribution in [2.24, 2.45) is 0 Å². The molecule has 2 heterocycles. The van der Waals surface area contributed by atoms with E-state index in [0.717, 1.165) is 12.8 Å². The minimum Gasteiger partial charge on any atom is -0.463 e. The monoisotopic (exact) mass is 283 g/mol. The fourth-order valence-electron chi connectivity index (χ4n) is 3.58. The van der Waals surface area contributed by atoms with Crippen LogP contribution in [0.1, 0.15) is 72.1 Å². The molecule has 0 saturated carbocycles. The number of esters is 1. The van der Waals surface area contributed by atoms with Gasteiger partial charge in [0.2, 0.25) is 0 Å². The Hall–Kier alpha value is -0.610. The van der Waals surface area contributed by atoms with Crippen molar-refractivity contribution in [1.82, 2.24) is 5.06 Å². The van der Waals surface area contributed by atoms with Gasteiger partial charge in [-0.15, -0.1) is 0 Å². The summed E-state index contributed by atoms with van der Waals surface area (Å²) >= 11 is 0. The van der Waals surface area contributed by atoms with E-state index < -0.39 is 0 Å². The van der Waals surface area contributed by atoms with Gasteiger partial charge in [0.1, 0.15) is 6.10 Å². The van der Waals surface area contributed by atoms with E-state index in [9.17, 15) is 4.79 Å². The van der Waals surface area contributed by atoms with Crippen molar-refractivity contribution in [2.45, 2.75) is 96.4 Å². The van der Waals surface area contributed by atoms with Crippen LogP contribution in [-0.4, -0.2) is 35.3 Å². The van der Waals surface area contributed by atoms with Gasteiger partial charge < -0.3 is 4.74 Å². The molecule has 20 heavy (non-hydrogen) atoms. The summed E-state index contributed by atoms with van der Waals surface area (Å²) in [5.41, 5.74) is 0. The van der Waals surface area contributed by atoms with Crippen LogP contribution in [0.2, 0.25) is 0 Å². The quantitative estimate of drug-likeness (QED) is 0.530. The minimum atomic E-state index is -0.188. The van der Waals surface area contributed by atoms with Crippen molar-refractivity contribution in [3.63, 3.8) is 0 Å². The first kappa shape index (κ1) is 15.8. The maximum Gasteiger partial charge on any atom is 0.302 e. The Labute approximate surface area is 122 Å². The number of carbonyl (C=O) groups excluding carboxylic acids is 1. The number of fused-ring (bicyclic) bond motifs is 1. The van der Waals surface area contributed by atoms with E-state index in [4.69, 9.17) is 9.57 Å². The van der Waals surface area contributed by atoms with Crippen molar-refractivity contribution < 1.29 is 14.4 Å². The first-order valence-electron chi connectivity index (χ1n) is 8.22. The number of rotatable bonds is 7. The van der Waals surface area contributed by atoms with E-state index in [-0.39, 0.29) is 12.1 Å². The average molecular weight is 283 g/mol. The molecule has 0 spiro atoms. The normalized spacial score (nSPS) is 31.2. The molecule has 0 aromatic carbocycles. The number of ether oxygens (including phenoxy) is 1. The van der Waals surface area contributed by atoms with Crippen LogP contribution in [-0.2, 0) is 14.4 Å². The molecule has 2 aliphatic rings. The van der Waals surface area contributed by atoms with Crippen molar-refractivity contribution >= 4 is 5.97 Å². The zero-order valence-corrected chi connectivity index (χ0v) is 13.1. The zero-order valence-electron chi connectivity index (χ0n) is 13.1. The van der Waals surface area contributed by atoms with Crippen molar-refractivity contribution in [2.75, 3.05) is 0 Å². The molecule has 4 atom stereocenters. The molecule has 0 radical (unpaired) electrons. The number of hydrogen-bond donors (Lipinski definition) is 0. The molecule has 0 aliphatic carbocycles. The predicted molar refractivity (Wildman–Crippen MR) is 78.1 cm³/mol. The maximum absolute atomic E-state index is 11.0. The first-order valence-corrected chi connectivity index (χ1v) is 8.22. The molecule has 116 valence electrons. The van der Waals surface area contributed by atoms with Gasteiger partial charge >= 0.3 is 5.97 Å². The van der Waals surface area contributed by atoms with Crippen LogP contribution < -0.4 is 0 Å². The Bertz CT molecular complexity index is 321. The van der Waals surface area contributed by atoms with Crippen LogP contribution >= 0.6 is 0 Å². The molecule has 0 aromatic heterocycles. The lowest BCUT2D eigenvalue weighted by Crippen LogP contribution is -2.33. The molecule has 0 N–H and O–H groups in total. The molecule has 2 saturated heterocycles. The standard InChI is InChI=1S/C16H29NO3/c1-4-5-6-7-16-11-15-9-8-14(17(15)20-16)10-12(2)19-13(3)18/h12,14-16H,4-11H2,1-3H3/t12-,14+,15+,16+/m1/s1. The first-order chi connectivity index (χ1) is 9.60. The summed E-state index contributed by atoms with van der Waals surface area (Å²) in [6.45, 7) is 5.69. The second-order valence-corrected chi connectivity index (χ2v) is 6.36. The lowest BCUT2D eigenvalue weighted by Gasteiger charge is -2.25. The zero-order chi connectivity index (χ0) is 14.5. The molecular weight excluding hydrogens is 254 g/mol. The SMILES string of the molecule is CCCCC[C@H]1C[C@@H]2CC[C@@H](C[C@@H](C)OC(C)=O)N2O1. The van der Waals surface area contributed by atoms with Crippen molar-refractivity contribution in [3.8, 4) is 0 Å². The van der Waals surface area contributed by atoms with E-state index in [1.54, 1.807) is 0 Å². The third kappa shape index (κ3) is 4.19. The molecule has 4 heteroatoms. The Morgan fingerprint density at radius 2 is 2.20 bits per heavy atom. The highest BCUT2D eigenvalue weighted by molar-refractivity contribution is 5.66. The van der Waals surface area contributed by atoms with E-state index in [1.807, 2.05) is 6.92 Å². The Balaban J connectivity index is 1.76. The summed E-state index contributed by atoms with van der Waals surface area (Å²) in [6, 6.07) is 1.02. The Kier molecular flexibility index (Phi) is 5.85. The van der Waals surface area contributed by atoms with Crippen molar-refractivity contribution in [1.29, 1.82) is 0 Å². The lowest BCUT2D eigenvalue weighted by molar-refractivity contribution is -0.181. The van der Waals surface area contributed by atoms with Crippen LogP contribution in [0, 0.1) is 0 Å². The van der Waals surface area contributed by atoms with E-state index >= 15 is 0 Å². The fourth-order valence-corrected chi connectivity index (χ4v) is 3.58. The van der Waals surface area contributed by atoms with Crippen LogP contribution in [0.15, 0.2) is 0 Å². The smallest absolute Gasteiger partial charge is 0.302 e. The molecule has 2 rings (SSSR count). The molecule has 2 fully saturated rings. The summed E-state index contributed by atoms with van der Waals surface area (Å²) in [5, 5.41) is 2.22. The van der Waals surface area contributed by atoms with E-state index in [0.29, 0.717) is 18.2 Å². The van der Waals surface area contributed by atoms with Gasteiger partial charge in [0.15, 0.2) is 0 Å². The summed E-state index contributed by atoms with van der Waals surface area (Å²) in [5.74, 6) is -0.188.